The largest absolute Gasteiger partial charge is 0.315 e. The molecule has 0 spiro atoms. The van der Waals surface area contributed by atoms with Crippen LogP contribution in [-0.4, -0.2) is 30.6 Å². The summed E-state index contributed by atoms with van der Waals surface area (Å²) in [6, 6.07) is 11.6. The molecule has 2 heteroatoms. The number of hydrogen-bond donors (Lipinski definition) is 1. The van der Waals surface area contributed by atoms with Crippen molar-refractivity contribution in [3.63, 3.8) is 0 Å². The molecule has 1 fully saturated rings. The van der Waals surface area contributed by atoms with Crippen LogP contribution in [-0.2, 0) is 6.54 Å². The Balaban J connectivity index is 1.94. The zero-order chi connectivity index (χ0) is 11.9. The maximum atomic E-state index is 3.47. The second kappa shape index (κ2) is 6.77. The molecule has 1 aliphatic rings. The van der Waals surface area contributed by atoms with Gasteiger partial charge in [-0.2, -0.15) is 0 Å². The monoisotopic (exact) mass is 232 g/mol. The smallest absolute Gasteiger partial charge is 0.0237 e. The molecular weight excluding hydrogens is 208 g/mol. The molecule has 2 rings (SSSR count). The second-order valence-electron chi connectivity index (χ2n) is 4.96. The summed E-state index contributed by atoms with van der Waals surface area (Å²) in [7, 11) is 0. The van der Waals surface area contributed by atoms with Crippen molar-refractivity contribution in [3.05, 3.63) is 35.9 Å². The highest BCUT2D eigenvalue weighted by molar-refractivity contribution is 5.14. The number of nitrogens with zero attached hydrogens (tertiary/aromatic N) is 1. The van der Waals surface area contributed by atoms with E-state index in [-0.39, 0.29) is 0 Å². The molecule has 0 aliphatic carbocycles. The standard InChI is InChI=1S/C15H24N2/c1-2-3-11-17(15-9-10-16-12-15)13-14-7-5-4-6-8-14/h4-8,15-16H,2-3,9-13H2,1H3. The highest BCUT2D eigenvalue weighted by Crippen LogP contribution is 2.14. The molecule has 1 aromatic rings. The minimum Gasteiger partial charge on any atom is -0.315 e. The summed E-state index contributed by atoms with van der Waals surface area (Å²) >= 11 is 0. The van der Waals surface area contributed by atoms with E-state index in [4.69, 9.17) is 0 Å². The Morgan fingerprint density at radius 1 is 1.29 bits per heavy atom. The van der Waals surface area contributed by atoms with Gasteiger partial charge in [-0.05, 0) is 31.5 Å². The van der Waals surface area contributed by atoms with Crippen molar-refractivity contribution in [1.82, 2.24) is 10.2 Å². The van der Waals surface area contributed by atoms with Crippen LogP contribution in [0.3, 0.4) is 0 Å². The Morgan fingerprint density at radius 3 is 2.76 bits per heavy atom. The average molecular weight is 232 g/mol. The lowest BCUT2D eigenvalue weighted by Crippen LogP contribution is -2.37. The van der Waals surface area contributed by atoms with Gasteiger partial charge in [0.1, 0.15) is 0 Å². The van der Waals surface area contributed by atoms with Crippen LogP contribution in [0.2, 0.25) is 0 Å². The van der Waals surface area contributed by atoms with Gasteiger partial charge >= 0.3 is 0 Å². The topological polar surface area (TPSA) is 15.3 Å². The van der Waals surface area contributed by atoms with Crippen LogP contribution in [0.1, 0.15) is 31.7 Å². The quantitative estimate of drug-likeness (QED) is 0.811. The molecule has 1 heterocycles. The summed E-state index contributed by atoms with van der Waals surface area (Å²) in [5, 5.41) is 3.47. The van der Waals surface area contributed by atoms with Gasteiger partial charge in [0, 0.05) is 19.1 Å². The van der Waals surface area contributed by atoms with Crippen molar-refractivity contribution >= 4 is 0 Å². The van der Waals surface area contributed by atoms with Crippen molar-refractivity contribution in [3.8, 4) is 0 Å². The van der Waals surface area contributed by atoms with E-state index in [9.17, 15) is 0 Å². The van der Waals surface area contributed by atoms with Crippen LogP contribution in [0, 0.1) is 0 Å². The summed E-state index contributed by atoms with van der Waals surface area (Å²) in [4.78, 5) is 2.65. The van der Waals surface area contributed by atoms with E-state index in [0.717, 1.165) is 19.1 Å². The first-order chi connectivity index (χ1) is 8.40. The van der Waals surface area contributed by atoms with Crippen molar-refractivity contribution in [2.24, 2.45) is 0 Å². The summed E-state index contributed by atoms with van der Waals surface area (Å²) in [5.41, 5.74) is 1.44. The van der Waals surface area contributed by atoms with Gasteiger partial charge in [0.15, 0.2) is 0 Å². The fourth-order valence-corrected chi connectivity index (χ4v) is 2.52. The lowest BCUT2D eigenvalue weighted by Gasteiger charge is -2.28. The van der Waals surface area contributed by atoms with E-state index in [2.05, 4.69) is 47.5 Å². The van der Waals surface area contributed by atoms with Crippen LogP contribution in [0.15, 0.2) is 30.3 Å². The molecule has 0 radical (unpaired) electrons. The Morgan fingerprint density at radius 2 is 2.12 bits per heavy atom. The van der Waals surface area contributed by atoms with Crippen molar-refractivity contribution < 1.29 is 0 Å². The van der Waals surface area contributed by atoms with Crippen molar-refractivity contribution in [2.75, 3.05) is 19.6 Å². The SMILES string of the molecule is CCCCN(Cc1ccccc1)C1CCNC1. The molecule has 1 atom stereocenters. The number of unbranched alkanes of at least 4 members (excludes halogenated alkanes) is 1. The van der Waals surface area contributed by atoms with Crippen molar-refractivity contribution in [1.29, 1.82) is 0 Å². The third-order valence-electron chi connectivity index (χ3n) is 3.58. The van der Waals surface area contributed by atoms with E-state index < -0.39 is 0 Å². The molecule has 2 nitrogen and oxygen atoms in total. The molecule has 0 amide bonds. The average Bonchev–Trinajstić information content (AvgIpc) is 2.89. The Labute approximate surface area is 105 Å². The predicted octanol–water partition coefficient (Wildman–Crippen LogP) is 2.65. The summed E-state index contributed by atoms with van der Waals surface area (Å²) in [5.74, 6) is 0. The molecule has 1 aliphatic heterocycles. The normalized spacial score (nSPS) is 20.0. The van der Waals surface area contributed by atoms with Crippen LogP contribution < -0.4 is 5.32 Å². The van der Waals surface area contributed by atoms with Crippen LogP contribution in [0.4, 0.5) is 0 Å². The summed E-state index contributed by atoms with van der Waals surface area (Å²) < 4.78 is 0. The fourth-order valence-electron chi connectivity index (χ4n) is 2.52. The number of benzene rings is 1. The highest BCUT2D eigenvalue weighted by Gasteiger charge is 2.21. The second-order valence-corrected chi connectivity index (χ2v) is 4.96. The lowest BCUT2D eigenvalue weighted by atomic mass is 10.1. The minimum atomic E-state index is 0.738. The first kappa shape index (κ1) is 12.6. The molecule has 1 saturated heterocycles. The Bertz CT molecular complexity index is 304. The summed E-state index contributed by atoms with van der Waals surface area (Å²) in [6.07, 6.45) is 3.89. The maximum absolute atomic E-state index is 3.47. The number of rotatable bonds is 6. The lowest BCUT2D eigenvalue weighted by molar-refractivity contribution is 0.196. The van der Waals surface area contributed by atoms with Gasteiger partial charge in [-0.3, -0.25) is 4.90 Å². The van der Waals surface area contributed by atoms with E-state index in [1.165, 1.54) is 37.9 Å². The highest BCUT2D eigenvalue weighted by atomic mass is 15.2. The first-order valence-corrected chi connectivity index (χ1v) is 6.89. The fraction of sp³-hybridized carbons (Fsp3) is 0.600. The van der Waals surface area contributed by atoms with Crippen molar-refractivity contribution in [2.45, 2.75) is 38.8 Å². The Hall–Kier alpha value is -0.860. The molecule has 0 aromatic heterocycles. The molecule has 1 N–H and O–H groups in total. The van der Waals surface area contributed by atoms with Crippen LogP contribution >= 0.6 is 0 Å². The first-order valence-electron chi connectivity index (χ1n) is 6.89. The zero-order valence-electron chi connectivity index (χ0n) is 10.9. The molecule has 1 unspecified atom stereocenters. The van der Waals surface area contributed by atoms with Gasteiger partial charge in [-0.25, -0.2) is 0 Å². The zero-order valence-corrected chi connectivity index (χ0v) is 10.9. The number of hydrogen-bond acceptors (Lipinski definition) is 2. The third-order valence-corrected chi connectivity index (χ3v) is 3.58. The van der Waals surface area contributed by atoms with Gasteiger partial charge in [-0.1, -0.05) is 43.7 Å². The van der Waals surface area contributed by atoms with E-state index >= 15 is 0 Å². The van der Waals surface area contributed by atoms with Gasteiger partial charge < -0.3 is 5.32 Å². The van der Waals surface area contributed by atoms with Crippen LogP contribution in [0.25, 0.3) is 0 Å². The molecule has 0 saturated carbocycles. The molecule has 0 bridgehead atoms. The summed E-state index contributed by atoms with van der Waals surface area (Å²) in [6.45, 7) is 6.96. The molecule has 1 aromatic carbocycles. The van der Waals surface area contributed by atoms with Gasteiger partial charge in [-0.15, -0.1) is 0 Å². The Kier molecular flexibility index (Phi) is 5.02. The maximum Gasteiger partial charge on any atom is 0.0237 e. The van der Waals surface area contributed by atoms with E-state index in [1.807, 2.05) is 0 Å². The van der Waals surface area contributed by atoms with E-state index in [1.54, 1.807) is 0 Å². The van der Waals surface area contributed by atoms with E-state index in [0.29, 0.717) is 0 Å². The minimum absolute atomic E-state index is 0.738. The predicted molar refractivity (Wildman–Crippen MR) is 73.0 cm³/mol. The molecule has 94 valence electrons. The van der Waals surface area contributed by atoms with Gasteiger partial charge in [0.25, 0.3) is 0 Å². The van der Waals surface area contributed by atoms with Gasteiger partial charge in [0.05, 0.1) is 0 Å². The van der Waals surface area contributed by atoms with Crippen LogP contribution in [0.5, 0.6) is 0 Å². The molecule has 17 heavy (non-hydrogen) atoms. The van der Waals surface area contributed by atoms with Gasteiger partial charge in [0.2, 0.25) is 0 Å². The molecular formula is C15H24N2. The number of nitrogens with one attached hydrogen (secondary N) is 1. The third kappa shape index (κ3) is 3.83.